The van der Waals surface area contributed by atoms with Crippen LogP contribution >= 0.6 is 28.1 Å². The molecule has 2 rings (SSSR count). The van der Waals surface area contributed by atoms with Gasteiger partial charge in [-0.05, 0) is 61.1 Å². The molecular weight excluding hydrogens is 322 g/mol. The zero-order chi connectivity index (χ0) is 14.0. The molecule has 0 atom stereocenters. The van der Waals surface area contributed by atoms with E-state index in [1.54, 1.807) is 0 Å². The molecule has 2 N–H and O–H groups in total. The first-order chi connectivity index (χ1) is 8.99. The Labute approximate surface area is 128 Å². The number of nitrogens with two attached hydrogens (primary N) is 1. The van der Waals surface area contributed by atoms with E-state index in [1.165, 1.54) is 18.5 Å². The first kappa shape index (κ1) is 14.8. The van der Waals surface area contributed by atoms with Gasteiger partial charge in [-0.1, -0.05) is 12.2 Å². The molecule has 1 aliphatic rings. The van der Waals surface area contributed by atoms with Crippen LogP contribution < -0.4 is 10.6 Å². The fourth-order valence-electron chi connectivity index (χ4n) is 2.54. The van der Waals surface area contributed by atoms with Crippen LogP contribution in [0.5, 0.6) is 0 Å². The van der Waals surface area contributed by atoms with Gasteiger partial charge in [0.2, 0.25) is 0 Å². The van der Waals surface area contributed by atoms with E-state index in [-0.39, 0.29) is 0 Å². The molecule has 1 aromatic carbocycles. The third-order valence-corrected chi connectivity index (χ3v) is 4.64. The normalized spacial score (nSPS) is 16.9. The SMILES string of the molecule is CN(C)C1CCN(c2ccc(C(N)=S)cc2Br)CC1. The minimum atomic E-state index is 0.443. The molecule has 0 unspecified atom stereocenters. The molecule has 0 spiro atoms. The molecule has 1 fully saturated rings. The molecule has 5 heteroatoms. The van der Waals surface area contributed by atoms with E-state index >= 15 is 0 Å². The highest BCUT2D eigenvalue weighted by atomic mass is 79.9. The number of rotatable bonds is 3. The van der Waals surface area contributed by atoms with Crippen LogP contribution in [0.1, 0.15) is 18.4 Å². The predicted octanol–water partition coefficient (Wildman–Crippen LogP) is 2.61. The average molecular weight is 342 g/mol. The summed E-state index contributed by atoms with van der Waals surface area (Å²) in [6.07, 6.45) is 2.41. The number of hydrogen-bond acceptors (Lipinski definition) is 3. The predicted molar refractivity (Wildman–Crippen MR) is 89.0 cm³/mol. The Bertz CT molecular complexity index is 468. The maximum atomic E-state index is 5.65. The number of thiocarbonyl (C=S) groups is 1. The Balaban J connectivity index is 2.09. The van der Waals surface area contributed by atoms with Gasteiger partial charge in [-0.2, -0.15) is 0 Å². The second-order valence-corrected chi connectivity index (χ2v) is 6.51. The van der Waals surface area contributed by atoms with Crippen LogP contribution in [0.4, 0.5) is 5.69 Å². The monoisotopic (exact) mass is 341 g/mol. The second kappa shape index (κ2) is 6.20. The molecule has 1 aromatic rings. The number of nitrogens with zero attached hydrogens (tertiary/aromatic N) is 2. The molecule has 0 aromatic heterocycles. The molecule has 1 saturated heterocycles. The van der Waals surface area contributed by atoms with Gasteiger partial charge in [0.1, 0.15) is 4.99 Å². The van der Waals surface area contributed by atoms with Crippen molar-refractivity contribution in [2.75, 3.05) is 32.1 Å². The molecule has 0 amide bonds. The molecule has 0 bridgehead atoms. The Hall–Kier alpha value is -0.650. The molecule has 19 heavy (non-hydrogen) atoms. The quantitative estimate of drug-likeness (QED) is 0.856. The third-order valence-electron chi connectivity index (χ3n) is 3.77. The van der Waals surface area contributed by atoms with Crippen molar-refractivity contribution < 1.29 is 0 Å². The summed E-state index contributed by atoms with van der Waals surface area (Å²) >= 11 is 8.63. The van der Waals surface area contributed by atoms with Crippen LogP contribution in [0, 0.1) is 0 Å². The maximum Gasteiger partial charge on any atom is 0.104 e. The zero-order valence-corrected chi connectivity index (χ0v) is 13.8. The van der Waals surface area contributed by atoms with Gasteiger partial charge in [0.25, 0.3) is 0 Å². The van der Waals surface area contributed by atoms with E-state index in [4.69, 9.17) is 18.0 Å². The fourth-order valence-corrected chi connectivity index (χ4v) is 3.30. The Morgan fingerprint density at radius 3 is 2.47 bits per heavy atom. The summed E-state index contributed by atoms with van der Waals surface area (Å²) in [5.74, 6) is 0. The smallest absolute Gasteiger partial charge is 0.104 e. The van der Waals surface area contributed by atoms with Gasteiger partial charge in [0.15, 0.2) is 0 Å². The highest BCUT2D eigenvalue weighted by Gasteiger charge is 2.21. The third kappa shape index (κ3) is 3.46. The van der Waals surface area contributed by atoms with Gasteiger partial charge in [-0.3, -0.25) is 0 Å². The van der Waals surface area contributed by atoms with Crippen molar-refractivity contribution >= 4 is 38.8 Å². The van der Waals surface area contributed by atoms with Gasteiger partial charge in [-0.25, -0.2) is 0 Å². The van der Waals surface area contributed by atoms with Crippen LogP contribution in [0.15, 0.2) is 22.7 Å². The number of benzene rings is 1. The fraction of sp³-hybridized carbons (Fsp3) is 0.500. The zero-order valence-electron chi connectivity index (χ0n) is 11.4. The van der Waals surface area contributed by atoms with E-state index in [9.17, 15) is 0 Å². The van der Waals surface area contributed by atoms with E-state index in [0.29, 0.717) is 11.0 Å². The minimum absolute atomic E-state index is 0.443. The lowest BCUT2D eigenvalue weighted by molar-refractivity contribution is 0.249. The lowest BCUT2D eigenvalue weighted by Gasteiger charge is -2.37. The highest BCUT2D eigenvalue weighted by molar-refractivity contribution is 9.10. The summed E-state index contributed by atoms with van der Waals surface area (Å²) in [6, 6.07) is 6.82. The van der Waals surface area contributed by atoms with Crippen LogP contribution in [0.2, 0.25) is 0 Å². The van der Waals surface area contributed by atoms with E-state index < -0.39 is 0 Å². The van der Waals surface area contributed by atoms with Gasteiger partial charge in [-0.15, -0.1) is 0 Å². The summed E-state index contributed by atoms with van der Waals surface area (Å²) in [5, 5.41) is 0. The molecule has 1 heterocycles. The van der Waals surface area contributed by atoms with Crippen molar-refractivity contribution in [1.29, 1.82) is 0 Å². The van der Waals surface area contributed by atoms with E-state index in [0.717, 1.165) is 23.1 Å². The van der Waals surface area contributed by atoms with Crippen molar-refractivity contribution in [1.82, 2.24) is 4.90 Å². The van der Waals surface area contributed by atoms with Crippen molar-refractivity contribution in [2.45, 2.75) is 18.9 Å². The van der Waals surface area contributed by atoms with Gasteiger partial charge >= 0.3 is 0 Å². The van der Waals surface area contributed by atoms with Crippen LogP contribution in [-0.4, -0.2) is 43.1 Å². The summed E-state index contributed by atoms with van der Waals surface area (Å²) in [5.41, 5.74) is 7.80. The molecule has 0 saturated carbocycles. The Morgan fingerprint density at radius 1 is 1.37 bits per heavy atom. The second-order valence-electron chi connectivity index (χ2n) is 5.21. The molecule has 0 radical (unpaired) electrons. The summed E-state index contributed by atoms with van der Waals surface area (Å²) in [4.78, 5) is 5.19. The number of piperidine rings is 1. The molecular formula is C14H20BrN3S. The molecule has 1 aliphatic heterocycles. The standard InChI is InChI=1S/C14H20BrN3S/c1-17(2)11-5-7-18(8-6-11)13-4-3-10(14(16)19)9-12(13)15/h3-4,9,11H,5-8H2,1-2H3,(H2,16,19). The highest BCUT2D eigenvalue weighted by Crippen LogP contribution is 2.30. The first-order valence-corrected chi connectivity index (χ1v) is 7.70. The lowest BCUT2D eigenvalue weighted by Crippen LogP contribution is -2.42. The van der Waals surface area contributed by atoms with Crippen molar-refractivity contribution in [2.24, 2.45) is 5.73 Å². The van der Waals surface area contributed by atoms with Crippen LogP contribution in [0.3, 0.4) is 0 Å². The van der Waals surface area contributed by atoms with Crippen molar-refractivity contribution in [3.8, 4) is 0 Å². The summed E-state index contributed by atoms with van der Waals surface area (Å²) in [7, 11) is 4.32. The number of halogens is 1. The van der Waals surface area contributed by atoms with E-state index in [2.05, 4.69) is 45.9 Å². The largest absolute Gasteiger partial charge is 0.389 e. The van der Waals surface area contributed by atoms with Crippen LogP contribution in [0.25, 0.3) is 0 Å². The van der Waals surface area contributed by atoms with Crippen LogP contribution in [-0.2, 0) is 0 Å². The summed E-state index contributed by atoms with van der Waals surface area (Å²) in [6.45, 7) is 2.18. The topological polar surface area (TPSA) is 32.5 Å². The summed E-state index contributed by atoms with van der Waals surface area (Å²) < 4.78 is 1.07. The molecule has 104 valence electrons. The maximum absolute atomic E-state index is 5.65. The Morgan fingerprint density at radius 2 is 2.00 bits per heavy atom. The van der Waals surface area contributed by atoms with Gasteiger partial charge < -0.3 is 15.5 Å². The Kier molecular flexibility index (Phi) is 4.81. The number of anilines is 1. The first-order valence-electron chi connectivity index (χ1n) is 6.50. The minimum Gasteiger partial charge on any atom is -0.389 e. The number of hydrogen-bond donors (Lipinski definition) is 1. The lowest BCUT2D eigenvalue weighted by atomic mass is 10.0. The van der Waals surface area contributed by atoms with Crippen molar-refractivity contribution in [3.63, 3.8) is 0 Å². The van der Waals surface area contributed by atoms with Crippen molar-refractivity contribution in [3.05, 3.63) is 28.2 Å². The average Bonchev–Trinajstić information content (AvgIpc) is 2.38. The molecule has 0 aliphatic carbocycles. The molecule has 3 nitrogen and oxygen atoms in total. The van der Waals surface area contributed by atoms with Gasteiger partial charge in [0.05, 0.1) is 5.69 Å². The van der Waals surface area contributed by atoms with E-state index in [1.807, 2.05) is 12.1 Å². The van der Waals surface area contributed by atoms with Gasteiger partial charge in [0, 0.05) is 29.2 Å².